The van der Waals surface area contributed by atoms with Gasteiger partial charge in [-0.1, -0.05) is 30.0 Å². The third-order valence-corrected chi connectivity index (χ3v) is 3.27. The lowest BCUT2D eigenvalue weighted by atomic mass is 10.0. The van der Waals surface area contributed by atoms with Gasteiger partial charge in [-0.3, -0.25) is 0 Å². The number of hydrogen-bond acceptors (Lipinski definition) is 3. The second-order valence-electron chi connectivity index (χ2n) is 4.50. The summed E-state index contributed by atoms with van der Waals surface area (Å²) in [5.74, 6) is 6.54. The van der Waals surface area contributed by atoms with Crippen LogP contribution in [0.3, 0.4) is 0 Å². The van der Waals surface area contributed by atoms with Crippen molar-refractivity contribution in [3.8, 4) is 11.8 Å². The Kier molecular flexibility index (Phi) is 2.86. The molecular weight excluding hydrogens is 214 g/mol. The van der Waals surface area contributed by atoms with E-state index in [0.29, 0.717) is 13.2 Å². The fourth-order valence-corrected chi connectivity index (χ4v) is 2.35. The van der Waals surface area contributed by atoms with E-state index in [1.54, 1.807) is 0 Å². The van der Waals surface area contributed by atoms with Crippen LogP contribution >= 0.6 is 0 Å². The maximum atomic E-state index is 5.89. The van der Waals surface area contributed by atoms with Crippen LogP contribution in [0.1, 0.15) is 5.56 Å². The molecule has 0 bridgehead atoms. The van der Waals surface area contributed by atoms with E-state index in [4.69, 9.17) is 15.2 Å². The summed E-state index contributed by atoms with van der Waals surface area (Å²) in [4.78, 5) is 0. The van der Waals surface area contributed by atoms with Crippen molar-refractivity contribution >= 4 is 0 Å². The summed E-state index contributed by atoms with van der Waals surface area (Å²) in [5.41, 5.74) is 6.92. The molecule has 2 saturated heterocycles. The lowest BCUT2D eigenvalue weighted by Crippen LogP contribution is -2.35. The first-order valence-electron chi connectivity index (χ1n) is 5.90. The van der Waals surface area contributed by atoms with E-state index in [1.165, 1.54) is 0 Å². The molecule has 0 unspecified atom stereocenters. The zero-order chi connectivity index (χ0) is 11.7. The SMILES string of the molecule is N[C@H]1CO[C@H]2[C@@H]1OC[C@@H]2C#Cc1ccccc1. The van der Waals surface area contributed by atoms with Crippen molar-refractivity contribution in [1.29, 1.82) is 0 Å². The number of hydrogen-bond donors (Lipinski definition) is 1. The smallest absolute Gasteiger partial charge is 0.102 e. The molecule has 0 amide bonds. The average molecular weight is 229 g/mol. The molecule has 0 spiro atoms. The molecule has 0 radical (unpaired) electrons. The molecule has 88 valence electrons. The van der Waals surface area contributed by atoms with Gasteiger partial charge in [0.25, 0.3) is 0 Å². The molecule has 0 saturated carbocycles. The molecule has 2 N–H and O–H groups in total. The second kappa shape index (κ2) is 4.50. The first kappa shape index (κ1) is 10.8. The monoisotopic (exact) mass is 229 g/mol. The zero-order valence-electron chi connectivity index (χ0n) is 9.50. The Bertz CT molecular complexity index is 448. The molecule has 3 rings (SSSR count). The number of ether oxygens (including phenoxy) is 2. The van der Waals surface area contributed by atoms with E-state index >= 15 is 0 Å². The van der Waals surface area contributed by atoms with Crippen LogP contribution in [0.2, 0.25) is 0 Å². The van der Waals surface area contributed by atoms with E-state index < -0.39 is 0 Å². The van der Waals surface area contributed by atoms with Crippen molar-refractivity contribution in [2.24, 2.45) is 11.7 Å². The molecule has 1 aromatic carbocycles. The Hall–Kier alpha value is -1.34. The minimum Gasteiger partial charge on any atom is -0.372 e. The minimum absolute atomic E-state index is 0.00326. The molecule has 0 aromatic heterocycles. The number of rotatable bonds is 0. The predicted octanol–water partition coefficient (Wildman–Crippen LogP) is 0.779. The van der Waals surface area contributed by atoms with E-state index in [2.05, 4.69) is 11.8 Å². The summed E-state index contributed by atoms with van der Waals surface area (Å²) in [6.45, 7) is 1.21. The van der Waals surface area contributed by atoms with Gasteiger partial charge in [0, 0.05) is 5.56 Å². The van der Waals surface area contributed by atoms with Gasteiger partial charge in [-0.2, -0.15) is 0 Å². The molecule has 2 aliphatic rings. The molecule has 3 heteroatoms. The Labute approximate surface area is 101 Å². The summed E-state index contributed by atoms with van der Waals surface area (Å²) >= 11 is 0. The maximum Gasteiger partial charge on any atom is 0.102 e. The van der Waals surface area contributed by atoms with Crippen LogP contribution in [0, 0.1) is 17.8 Å². The number of nitrogens with two attached hydrogens (primary N) is 1. The summed E-state index contributed by atoms with van der Waals surface area (Å²) in [7, 11) is 0. The van der Waals surface area contributed by atoms with Crippen LogP contribution in [0.15, 0.2) is 30.3 Å². The van der Waals surface area contributed by atoms with Crippen molar-refractivity contribution in [2.75, 3.05) is 13.2 Å². The van der Waals surface area contributed by atoms with Gasteiger partial charge >= 0.3 is 0 Å². The summed E-state index contributed by atoms with van der Waals surface area (Å²) < 4.78 is 11.3. The fourth-order valence-electron chi connectivity index (χ4n) is 2.35. The van der Waals surface area contributed by atoms with Gasteiger partial charge in [0.05, 0.1) is 25.2 Å². The first-order chi connectivity index (χ1) is 8.34. The van der Waals surface area contributed by atoms with Crippen LogP contribution in [0.4, 0.5) is 0 Å². The van der Waals surface area contributed by atoms with Crippen molar-refractivity contribution in [1.82, 2.24) is 0 Å². The lowest BCUT2D eigenvalue weighted by molar-refractivity contribution is 0.0677. The van der Waals surface area contributed by atoms with Gasteiger partial charge in [-0.05, 0) is 12.1 Å². The van der Waals surface area contributed by atoms with Gasteiger partial charge in [0.2, 0.25) is 0 Å². The van der Waals surface area contributed by atoms with Gasteiger partial charge in [0.15, 0.2) is 0 Å². The summed E-state index contributed by atoms with van der Waals surface area (Å²) in [6, 6.07) is 9.96. The largest absolute Gasteiger partial charge is 0.372 e. The van der Waals surface area contributed by atoms with Crippen LogP contribution in [-0.4, -0.2) is 31.5 Å². The molecule has 3 nitrogen and oxygen atoms in total. The lowest BCUT2D eigenvalue weighted by Gasteiger charge is -2.10. The molecule has 2 heterocycles. The van der Waals surface area contributed by atoms with Crippen LogP contribution in [-0.2, 0) is 9.47 Å². The van der Waals surface area contributed by atoms with Gasteiger partial charge in [-0.15, -0.1) is 0 Å². The Morgan fingerprint density at radius 3 is 2.65 bits per heavy atom. The van der Waals surface area contributed by atoms with Crippen molar-refractivity contribution in [3.05, 3.63) is 35.9 Å². The first-order valence-corrected chi connectivity index (χ1v) is 5.90. The maximum absolute atomic E-state index is 5.89. The Balaban J connectivity index is 1.73. The van der Waals surface area contributed by atoms with E-state index in [0.717, 1.165) is 5.56 Å². The van der Waals surface area contributed by atoms with Crippen LogP contribution in [0.25, 0.3) is 0 Å². The quantitative estimate of drug-likeness (QED) is 0.669. The van der Waals surface area contributed by atoms with E-state index in [1.807, 2.05) is 30.3 Å². The molecule has 1 aromatic rings. The normalized spacial score (nSPS) is 35.1. The standard InChI is InChI=1S/C14H15NO2/c15-12-9-17-13-11(8-16-14(12)13)7-6-10-4-2-1-3-5-10/h1-5,11-14H,8-9,15H2/t11-,12-,13+,14+/m0/s1. The second-order valence-corrected chi connectivity index (χ2v) is 4.50. The van der Waals surface area contributed by atoms with Crippen LogP contribution < -0.4 is 5.73 Å². The Morgan fingerprint density at radius 1 is 1.06 bits per heavy atom. The van der Waals surface area contributed by atoms with E-state index in [9.17, 15) is 0 Å². The van der Waals surface area contributed by atoms with Crippen LogP contribution in [0.5, 0.6) is 0 Å². The summed E-state index contributed by atoms with van der Waals surface area (Å²) in [5, 5.41) is 0. The molecule has 17 heavy (non-hydrogen) atoms. The third kappa shape index (κ3) is 2.07. The van der Waals surface area contributed by atoms with Crippen molar-refractivity contribution < 1.29 is 9.47 Å². The highest BCUT2D eigenvalue weighted by Gasteiger charge is 2.45. The highest BCUT2D eigenvalue weighted by atomic mass is 16.6. The molecule has 2 fully saturated rings. The molecule has 4 atom stereocenters. The minimum atomic E-state index is 0.00326. The van der Waals surface area contributed by atoms with Crippen molar-refractivity contribution in [2.45, 2.75) is 18.2 Å². The predicted molar refractivity (Wildman–Crippen MR) is 64.3 cm³/mol. The Morgan fingerprint density at radius 2 is 1.82 bits per heavy atom. The van der Waals surface area contributed by atoms with Gasteiger partial charge in [-0.25, -0.2) is 0 Å². The van der Waals surface area contributed by atoms with Gasteiger partial charge in [0.1, 0.15) is 12.2 Å². The fraction of sp³-hybridized carbons (Fsp3) is 0.429. The number of fused-ring (bicyclic) bond motifs is 1. The van der Waals surface area contributed by atoms with E-state index in [-0.39, 0.29) is 24.2 Å². The highest BCUT2D eigenvalue weighted by Crippen LogP contribution is 2.29. The van der Waals surface area contributed by atoms with Crippen molar-refractivity contribution in [3.63, 3.8) is 0 Å². The number of benzene rings is 1. The topological polar surface area (TPSA) is 44.5 Å². The molecular formula is C14H15NO2. The average Bonchev–Trinajstić information content (AvgIpc) is 2.92. The van der Waals surface area contributed by atoms with Gasteiger partial charge < -0.3 is 15.2 Å². The highest BCUT2D eigenvalue weighted by molar-refractivity contribution is 5.34. The molecule has 0 aliphatic carbocycles. The third-order valence-electron chi connectivity index (χ3n) is 3.27. The molecule has 2 aliphatic heterocycles. The zero-order valence-corrected chi connectivity index (χ0v) is 9.50. The summed E-state index contributed by atoms with van der Waals surface area (Å²) in [6.07, 6.45) is 0.0892.